The lowest BCUT2D eigenvalue weighted by Gasteiger charge is -2.31. The molecule has 0 aliphatic carbocycles. The number of esters is 1. The molecule has 26 heavy (non-hydrogen) atoms. The molecule has 1 aliphatic rings. The number of ether oxygens (including phenoxy) is 1. The van der Waals surface area contributed by atoms with Gasteiger partial charge in [0.15, 0.2) is 5.82 Å². The molecule has 5 heteroatoms. The Hall–Kier alpha value is -2.43. The van der Waals surface area contributed by atoms with E-state index in [1.54, 1.807) is 0 Å². The standard InChI is InChI=1S/C21H27N3O2/c1-7-26-21(25)16-14(5)22-20-18(19(12(2)3)23-24(20)6)17(16)15-11-9-8-10-13(15)4/h8-12,16-17H,7H2,1-6H3. The minimum atomic E-state index is -0.426. The van der Waals surface area contributed by atoms with Crippen molar-refractivity contribution in [1.82, 2.24) is 9.78 Å². The quantitative estimate of drug-likeness (QED) is 0.771. The average molecular weight is 353 g/mol. The molecule has 1 aromatic carbocycles. The number of hydrogen-bond acceptors (Lipinski definition) is 4. The number of aryl methyl sites for hydroxylation is 2. The van der Waals surface area contributed by atoms with Gasteiger partial charge in [-0.3, -0.25) is 9.48 Å². The molecule has 1 aliphatic heterocycles. The van der Waals surface area contributed by atoms with Crippen LogP contribution in [-0.2, 0) is 16.6 Å². The van der Waals surface area contributed by atoms with Crippen LogP contribution in [0.3, 0.4) is 0 Å². The smallest absolute Gasteiger partial charge is 0.315 e. The van der Waals surface area contributed by atoms with Gasteiger partial charge in [0.05, 0.1) is 12.3 Å². The summed E-state index contributed by atoms with van der Waals surface area (Å²) in [5.74, 6) is 0.318. The maximum absolute atomic E-state index is 12.9. The third-order valence-electron chi connectivity index (χ3n) is 5.07. The summed E-state index contributed by atoms with van der Waals surface area (Å²) in [4.78, 5) is 17.6. The van der Waals surface area contributed by atoms with E-state index in [2.05, 4.69) is 32.9 Å². The largest absolute Gasteiger partial charge is 0.465 e. The number of aliphatic imine (C=N–C) groups is 1. The second kappa shape index (κ2) is 7.06. The van der Waals surface area contributed by atoms with Gasteiger partial charge in [0.2, 0.25) is 0 Å². The van der Waals surface area contributed by atoms with Crippen LogP contribution in [0.4, 0.5) is 5.82 Å². The Balaban J connectivity index is 2.29. The molecular formula is C21H27N3O2. The van der Waals surface area contributed by atoms with Crippen molar-refractivity contribution in [1.29, 1.82) is 0 Å². The molecule has 5 nitrogen and oxygen atoms in total. The predicted molar refractivity (Wildman–Crippen MR) is 103 cm³/mol. The van der Waals surface area contributed by atoms with Crippen molar-refractivity contribution in [3.8, 4) is 0 Å². The van der Waals surface area contributed by atoms with Gasteiger partial charge >= 0.3 is 5.97 Å². The average Bonchev–Trinajstić information content (AvgIpc) is 2.91. The van der Waals surface area contributed by atoms with E-state index in [0.717, 1.165) is 33.9 Å². The number of rotatable bonds is 4. The van der Waals surface area contributed by atoms with Crippen LogP contribution in [-0.4, -0.2) is 28.1 Å². The first kappa shape index (κ1) is 18.4. The van der Waals surface area contributed by atoms with Gasteiger partial charge < -0.3 is 4.74 Å². The van der Waals surface area contributed by atoms with Crippen molar-refractivity contribution < 1.29 is 9.53 Å². The number of nitrogens with zero attached hydrogens (tertiary/aromatic N) is 3. The van der Waals surface area contributed by atoms with Crippen LogP contribution in [0.5, 0.6) is 0 Å². The van der Waals surface area contributed by atoms with Gasteiger partial charge in [-0.1, -0.05) is 38.1 Å². The zero-order valence-corrected chi connectivity index (χ0v) is 16.4. The van der Waals surface area contributed by atoms with Crippen LogP contribution in [0, 0.1) is 12.8 Å². The lowest BCUT2D eigenvalue weighted by atomic mass is 9.74. The lowest BCUT2D eigenvalue weighted by molar-refractivity contribution is -0.146. The van der Waals surface area contributed by atoms with E-state index in [-0.39, 0.29) is 17.8 Å². The Labute approximate surface area is 155 Å². The first-order chi connectivity index (χ1) is 12.4. The minimum absolute atomic E-state index is 0.131. The summed E-state index contributed by atoms with van der Waals surface area (Å²) in [5.41, 5.74) is 5.13. The summed E-state index contributed by atoms with van der Waals surface area (Å²) in [6.07, 6.45) is 0. The van der Waals surface area contributed by atoms with Crippen molar-refractivity contribution in [2.45, 2.75) is 46.5 Å². The summed E-state index contributed by atoms with van der Waals surface area (Å²) in [5, 5.41) is 4.73. The Morgan fingerprint density at radius 1 is 1.27 bits per heavy atom. The molecule has 2 aromatic rings. The number of benzene rings is 1. The summed E-state index contributed by atoms with van der Waals surface area (Å²) >= 11 is 0. The Bertz CT molecular complexity index is 864. The normalized spacial score (nSPS) is 19.3. The van der Waals surface area contributed by atoms with E-state index >= 15 is 0 Å². The maximum Gasteiger partial charge on any atom is 0.315 e. The van der Waals surface area contributed by atoms with Crippen molar-refractivity contribution >= 4 is 17.5 Å². The van der Waals surface area contributed by atoms with Gasteiger partial charge in [-0.05, 0) is 37.8 Å². The molecule has 1 aromatic heterocycles. The summed E-state index contributed by atoms with van der Waals surface area (Å²) in [6.45, 7) is 10.5. The van der Waals surface area contributed by atoms with E-state index < -0.39 is 5.92 Å². The number of hydrogen-bond donors (Lipinski definition) is 0. The summed E-state index contributed by atoms with van der Waals surface area (Å²) in [7, 11) is 1.92. The summed E-state index contributed by atoms with van der Waals surface area (Å²) in [6, 6.07) is 8.24. The monoisotopic (exact) mass is 353 g/mol. The van der Waals surface area contributed by atoms with Gasteiger partial charge in [0.1, 0.15) is 5.92 Å². The van der Waals surface area contributed by atoms with Crippen LogP contribution >= 0.6 is 0 Å². The first-order valence-electron chi connectivity index (χ1n) is 9.20. The zero-order valence-electron chi connectivity index (χ0n) is 16.4. The molecule has 3 rings (SSSR count). The number of carbonyl (C=O) groups excluding carboxylic acids is 1. The van der Waals surface area contributed by atoms with Gasteiger partial charge in [-0.2, -0.15) is 5.10 Å². The predicted octanol–water partition coefficient (Wildman–Crippen LogP) is 4.27. The molecule has 0 spiro atoms. The van der Waals surface area contributed by atoms with E-state index in [1.807, 2.05) is 37.7 Å². The van der Waals surface area contributed by atoms with E-state index in [1.165, 1.54) is 0 Å². The lowest BCUT2D eigenvalue weighted by Crippen LogP contribution is -2.34. The van der Waals surface area contributed by atoms with E-state index in [4.69, 9.17) is 14.8 Å². The highest BCUT2D eigenvalue weighted by atomic mass is 16.5. The highest BCUT2D eigenvalue weighted by Crippen LogP contribution is 2.46. The molecule has 2 heterocycles. The fourth-order valence-electron chi connectivity index (χ4n) is 3.86. The molecule has 0 radical (unpaired) electrons. The molecule has 0 saturated carbocycles. The SMILES string of the molecule is CCOC(=O)C1C(C)=Nc2c(c(C(C)C)nn2C)C1c1ccccc1C. The Morgan fingerprint density at radius 2 is 1.96 bits per heavy atom. The third-order valence-corrected chi connectivity index (χ3v) is 5.07. The topological polar surface area (TPSA) is 56.5 Å². The second-order valence-electron chi connectivity index (χ2n) is 7.22. The van der Waals surface area contributed by atoms with Crippen molar-refractivity contribution in [2.24, 2.45) is 18.0 Å². The van der Waals surface area contributed by atoms with Crippen LogP contribution in [0.2, 0.25) is 0 Å². The molecule has 2 unspecified atom stereocenters. The van der Waals surface area contributed by atoms with Crippen LogP contribution in [0.25, 0.3) is 0 Å². The fourth-order valence-corrected chi connectivity index (χ4v) is 3.86. The Kier molecular flexibility index (Phi) is 4.99. The third kappa shape index (κ3) is 2.96. The summed E-state index contributed by atoms with van der Waals surface area (Å²) < 4.78 is 7.25. The molecular weight excluding hydrogens is 326 g/mol. The van der Waals surface area contributed by atoms with Gasteiger partial charge in [-0.15, -0.1) is 0 Å². The molecule has 0 N–H and O–H groups in total. The molecule has 0 amide bonds. The second-order valence-corrected chi connectivity index (χ2v) is 7.22. The van der Waals surface area contributed by atoms with E-state index in [9.17, 15) is 4.79 Å². The highest BCUT2D eigenvalue weighted by molar-refractivity contribution is 6.05. The van der Waals surface area contributed by atoms with Crippen molar-refractivity contribution in [3.05, 3.63) is 46.6 Å². The molecule has 2 atom stereocenters. The van der Waals surface area contributed by atoms with Crippen LogP contribution < -0.4 is 0 Å². The molecule has 0 saturated heterocycles. The van der Waals surface area contributed by atoms with Gasteiger partial charge in [0.25, 0.3) is 0 Å². The molecule has 138 valence electrons. The van der Waals surface area contributed by atoms with Crippen LogP contribution in [0.15, 0.2) is 29.3 Å². The number of carbonyl (C=O) groups is 1. The maximum atomic E-state index is 12.9. The van der Waals surface area contributed by atoms with Crippen molar-refractivity contribution in [2.75, 3.05) is 6.61 Å². The minimum Gasteiger partial charge on any atom is -0.465 e. The first-order valence-corrected chi connectivity index (χ1v) is 9.20. The number of aromatic nitrogens is 2. The highest BCUT2D eigenvalue weighted by Gasteiger charge is 2.42. The Morgan fingerprint density at radius 3 is 2.58 bits per heavy atom. The fraction of sp³-hybridized carbons (Fsp3) is 0.476. The zero-order chi connectivity index (χ0) is 19.0. The van der Waals surface area contributed by atoms with E-state index in [0.29, 0.717) is 6.61 Å². The molecule has 0 fully saturated rings. The molecule has 0 bridgehead atoms. The van der Waals surface area contributed by atoms with Gasteiger partial charge in [-0.25, -0.2) is 4.99 Å². The van der Waals surface area contributed by atoms with Crippen molar-refractivity contribution in [3.63, 3.8) is 0 Å². The van der Waals surface area contributed by atoms with Crippen LogP contribution in [0.1, 0.15) is 61.9 Å². The van der Waals surface area contributed by atoms with Gasteiger partial charge in [0, 0.05) is 24.2 Å². The number of fused-ring (bicyclic) bond motifs is 1.